The van der Waals surface area contributed by atoms with Gasteiger partial charge in [0.05, 0.1) is 11.8 Å². The molecular formula is C11H12BrFN2O. The van der Waals surface area contributed by atoms with Crippen molar-refractivity contribution in [2.24, 2.45) is 0 Å². The van der Waals surface area contributed by atoms with E-state index in [4.69, 9.17) is 0 Å². The SMILES string of the molecule is O=C(c1cncc(F)c1)N1CCCC1CBr. The molecule has 3 nitrogen and oxygen atoms in total. The van der Waals surface area contributed by atoms with Crippen molar-refractivity contribution in [3.05, 3.63) is 29.8 Å². The monoisotopic (exact) mass is 286 g/mol. The van der Waals surface area contributed by atoms with Gasteiger partial charge >= 0.3 is 0 Å². The van der Waals surface area contributed by atoms with Gasteiger partial charge in [-0.1, -0.05) is 15.9 Å². The molecule has 1 atom stereocenters. The third-order valence-corrected chi connectivity index (χ3v) is 3.52. The molecule has 1 unspecified atom stereocenters. The normalized spacial score (nSPS) is 20.1. The van der Waals surface area contributed by atoms with Gasteiger partial charge in [-0.05, 0) is 18.9 Å². The molecule has 0 aliphatic carbocycles. The maximum atomic E-state index is 13.0. The van der Waals surface area contributed by atoms with Gasteiger partial charge in [-0.3, -0.25) is 9.78 Å². The van der Waals surface area contributed by atoms with Gasteiger partial charge in [0.1, 0.15) is 5.82 Å². The van der Waals surface area contributed by atoms with E-state index in [1.165, 1.54) is 12.3 Å². The van der Waals surface area contributed by atoms with Crippen molar-refractivity contribution in [1.29, 1.82) is 0 Å². The predicted molar refractivity (Wildman–Crippen MR) is 62.0 cm³/mol. The van der Waals surface area contributed by atoms with Crippen molar-refractivity contribution in [3.63, 3.8) is 0 Å². The second-order valence-electron chi connectivity index (χ2n) is 3.84. The first-order chi connectivity index (χ1) is 7.72. The maximum Gasteiger partial charge on any atom is 0.255 e. The van der Waals surface area contributed by atoms with Gasteiger partial charge in [-0.2, -0.15) is 0 Å². The number of nitrogens with zero attached hydrogens (tertiary/aromatic N) is 2. The van der Waals surface area contributed by atoms with Crippen LogP contribution in [-0.2, 0) is 0 Å². The van der Waals surface area contributed by atoms with E-state index in [0.717, 1.165) is 30.9 Å². The van der Waals surface area contributed by atoms with Crippen LogP contribution in [0.4, 0.5) is 4.39 Å². The van der Waals surface area contributed by atoms with Gasteiger partial charge in [0.15, 0.2) is 0 Å². The number of carbonyl (C=O) groups is 1. The lowest BCUT2D eigenvalue weighted by Crippen LogP contribution is -2.36. The molecule has 2 heterocycles. The molecule has 5 heteroatoms. The van der Waals surface area contributed by atoms with Crippen molar-refractivity contribution < 1.29 is 9.18 Å². The molecule has 1 amide bonds. The van der Waals surface area contributed by atoms with Crippen LogP contribution in [0.3, 0.4) is 0 Å². The summed E-state index contributed by atoms with van der Waals surface area (Å²) in [4.78, 5) is 17.5. The van der Waals surface area contributed by atoms with E-state index in [0.29, 0.717) is 5.56 Å². The maximum absolute atomic E-state index is 13.0. The van der Waals surface area contributed by atoms with Gasteiger partial charge in [-0.25, -0.2) is 4.39 Å². The summed E-state index contributed by atoms with van der Waals surface area (Å²) >= 11 is 3.39. The van der Waals surface area contributed by atoms with Crippen LogP contribution in [0.15, 0.2) is 18.5 Å². The molecular weight excluding hydrogens is 275 g/mol. The average Bonchev–Trinajstić information content (AvgIpc) is 2.76. The zero-order valence-corrected chi connectivity index (χ0v) is 10.3. The molecule has 0 spiro atoms. The fraction of sp³-hybridized carbons (Fsp3) is 0.455. The Labute approximate surface area is 102 Å². The van der Waals surface area contributed by atoms with Crippen LogP contribution >= 0.6 is 15.9 Å². The van der Waals surface area contributed by atoms with E-state index in [9.17, 15) is 9.18 Å². The molecule has 1 fully saturated rings. The Hall–Kier alpha value is -0.970. The number of hydrogen-bond donors (Lipinski definition) is 0. The van der Waals surface area contributed by atoms with Crippen LogP contribution in [0.25, 0.3) is 0 Å². The van der Waals surface area contributed by atoms with Crippen molar-refractivity contribution in [1.82, 2.24) is 9.88 Å². The largest absolute Gasteiger partial charge is 0.335 e. The lowest BCUT2D eigenvalue weighted by Gasteiger charge is -2.22. The van der Waals surface area contributed by atoms with E-state index >= 15 is 0 Å². The fourth-order valence-electron chi connectivity index (χ4n) is 1.96. The quantitative estimate of drug-likeness (QED) is 0.781. The number of carbonyl (C=O) groups excluding carboxylic acids is 1. The highest BCUT2D eigenvalue weighted by Crippen LogP contribution is 2.21. The van der Waals surface area contributed by atoms with Crippen LogP contribution in [0.5, 0.6) is 0 Å². The summed E-state index contributed by atoms with van der Waals surface area (Å²) < 4.78 is 13.0. The number of amides is 1. The number of likely N-dealkylation sites (tertiary alicyclic amines) is 1. The second kappa shape index (κ2) is 4.91. The zero-order valence-electron chi connectivity index (χ0n) is 8.70. The lowest BCUT2D eigenvalue weighted by atomic mass is 10.2. The van der Waals surface area contributed by atoms with Gasteiger partial charge in [-0.15, -0.1) is 0 Å². The van der Waals surface area contributed by atoms with Gasteiger partial charge < -0.3 is 4.90 Å². The molecule has 0 radical (unpaired) electrons. The standard InChI is InChI=1S/C11H12BrFN2O/c12-5-10-2-1-3-15(10)11(16)8-4-9(13)7-14-6-8/h4,6-7,10H,1-3,5H2. The minimum Gasteiger partial charge on any atom is -0.335 e. The molecule has 86 valence electrons. The second-order valence-corrected chi connectivity index (χ2v) is 4.49. The van der Waals surface area contributed by atoms with E-state index in [2.05, 4.69) is 20.9 Å². The molecule has 0 bridgehead atoms. The summed E-state index contributed by atoms with van der Waals surface area (Å²) in [6.07, 6.45) is 4.52. The Kier molecular flexibility index (Phi) is 3.53. The lowest BCUT2D eigenvalue weighted by molar-refractivity contribution is 0.0749. The summed E-state index contributed by atoms with van der Waals surface area (Å²) in [5, 5.41) is 0.765. The van der Waals surface area contributed by atoms with Crippen LogP contribution in [0.2, 0.25) is 0 Å². The summed E-state index contributed by atoms with van der Waals surface area (Å²) in [5.41, 5.74) is 0.327. The van der Waals surface area contributed by atoms with Crippen molar-refractivity contribution in [2.75, 3.05) is 11.9 Å². The highest BCUT2D eigenvalue weighted by molar-refractivity contribution is 9.09. The van der Waals surface area contributed by atoms with E-state index in [1.54, 1.807) is 4.90 Å². The highest BCUT2D eigenvalue weighted by Gasteiger charge is 2.28. The molecule has 1 aromatic rings. The summed E-state index contributed by atoms with van der Waals surface area (Å²) in [5.74, 6) is -0.602. The van der Waals surface area contributed by atoms with Gasteiger partial charge in [0.2, 0.25) is 0 Å². The van der Waals surface area contributed by atoms with E-state index < -0.39 is 5.82 Å². The van der Waals surface area contributed by atoms with Crippen molar-refractivity contribution in [3.8, 4) is 0 Å². The topological polar surface area (TPSA) is 33.2 Å². The summed E-state index contributed by atoms with van der Waals surface area (Å²) in [6, 6.07) is 1.45. The van der Waals surface area contributed by atoms with Gasteiger partial charge in [0.25, 0.3) is 5.91 Å². The molecule has 1 saturated heterocycles. The Morgan fingerprint density at radius 2 is 2.44 bits per heavy atom. The predicted octanol–water partition coefficient (Wildman–Crippen LogP) is 2.22. The minimum absolute atomic E-state index is 0.131. The third kappa shape index (κ3) is 2.24. The smallest absolute Gasteiger partial charge is 0.255 e. The van der Waals surface area contributed by atoms with E-state index in [1.807, 2.05) is 0 Å². The molecule has 16 heavy (non-hydrogen) atoms. The summed E-state index contributed by atoms with van der Waals surface area (Å²) in [6.45, 7) is 0.742. The number of aromatic nitrogens is 1. The van der Waals surface area contributed by atoms with Crippen molar-refractivity contribution >= 4 is 21.8 Å². The molecule has 1 aliphatic heterocycles. The third-order valence-electron chi connectivity index (χ3n) is 2.77. The highest BCUT2D eigenvalue weighted by atomic mass is 79.9. The van der Waals surface area contributed by atoms with Crippen LogP contribution < -0.4 is 0 Å². The fourth-order valence-corrected chi connectivity index (χ4v) is 2.63. The van der Waals surface area contributed by atoms with E-state index in [-0.39, 0.29) is 11.9 Å². The average molecular weight is 287 g/mol. The number of hydrogen-bond acceptors (Lipinski definition) is 2. The number of halogens is 2. The Bertz CT molecular complexity index is 399. The number of rotatable bonds is 2. The first-order valence-corrected chi connectivity index (χ1v) is 6.32. The van der Waals surface area contributed by atoms with Crippen LogP contribution in [0, 0.1) is 5.82 Å². The molecule has 0 N–H and O–H groups in total. The zero-order chi connectivity index (χ0) is 11.5. The van der Waals surface area contributed by atoms with Crippen LogP contribution in [0.1, 0.15) is 23.2 Å². The van der Waals surface area contributed by atoms with Crippen molar-refractivity contribution in [2.45, 2.75) is 18.9 Å². The Morgan fingerprint density at radius 3 is 3.12 bits per heavy atom. The molecule has 1 aliphatic rings. The number of alkyl halides is 1. The first-order valence-electron chi connectivity index (χ1n) is 5.20. The number of pyridine rings is 1. The molecule has 2 rings (SSSR count). The Morgan fingerprint density at radius 1 is 1.62 bits per heavy atom. The Balaban J connectivity index is 2.18. The summed E-state index contributed by atoms with van der Waals surface area (Å²) in [7, 11) is 0. The minimum atomic E-state index is -0.472. The first kappa shape index (κ1) is 11.5. The molecule has 0 aromatic carbocycles. The van der Waals surface area contributed by atoms with Crippen LogP contribution in [-0.4, -0.2) is 33.7 Å². The van der Waals surface area contributed by atoms with Gasteiger partial charge in [0, 0.05) is 24.1 Å². The molecule has 0 saturated carbocycles. The molecule has 1 aromatic heterocycles.